The van der Waals surface area contributed by atoms with Crippen LogP contribution in [-0.2, 0) is 6.42 Å². The summed E-state index contributed by atoms with van der Waals surface area (Å²) in [6.07, 6.45) is 0.810. The van der Waals surface area contributed by atoms with E-state index in [2.05, 4.69) is 319 Å². The number of rotatable bonds is 9. The highest BCUT2D eigenvalue weighted by atomic mass is 16.3. The summed E-state index contributed by atoms with van der Waals surface area (Å²) >= 11 is 0. The van der Waals surface area contributed by atoms with Crippen molar-refractivity contribution in [2.75, 3.05) is 0 Å². The fourth-order valence-corrected chi connectivity index (χ4v) is 15.8. The zero-order chi connectivity index (χ0) is 63.1. The van der Waals surface area contributed by atoms with Crippen molar-refractivity contribution in [1.82, 2.24) is 19.1 Å². The molecule has 448 valence electrons. The Morgan fingerprint density at radius 3 is 1.35 bits per heavy atom. The number of fused-ring (bicyclic) bond motifs is 14. The summed E-state index contributed by atoms with van der Waals surface area (Å²) in [7, 11) is 0. The highest BCUT2D eigenvalue weighted by Crippen LogP contribution is 2.50. The maximum absolute atomic E-state index is 6.82. The van der Waals surface area contributed by atoms with E-state index in [1.807, 2.05) is 6.07 Å². The predicted molar refractivity (Wildman–Crippen MR) is 400 cm³/mol. The molecule has 6 nitrogen and oxygen atoms in total. The van der Waals surface area contributed by atoms with E-state index >= 15 is 0 Å². The van der Waals surface area contributed by atoms with E-state index in [0.717, 1.165) is 156 Å². The Morgan fingerprint density at radius 1 is 0.271 bits per heavy atom. The minimum atomic E-state index is 0.810. The van der Waals surface area contributed by atoms with Gasteiger partial charge in [-0.3, -0.25) is 9.13 Å². The van der Waals surface area contributed by atoms with Crippen LogP contribution in [0.15, 0.2) is 318 Å². The van der Waals surface area contributed by atoms with E-state index in [1.165, 1.54) is 54.6 Å². The van der Waals surface area contributed by atoms with Crippen molar-refractivity contribution in [1.29, 1.82) is 0 Å². The van der Waals surface area contributed by atoms with Gasteiger partial charge in [-0.1, -0.05) is 219 Å². The molecule has 96 heavy (non-hydrogen) atoms. The topological polar surface area (TPSA) is 61.9 Å². The van der Waals surface area contributed by atoms with Crippen LogP contribution in [0.25, 0.3) is 198 Å². The lowest BCUT2D eigenvalue weighted by Crippen LogP contribution is -2.00. The van der Waals surface area contributed by atoms with E-state index in [-0.39, 0.29) is 0 Å². The number of furan rings is 2. The van der Waals surface area contributed by atoms with Gasteiger partial charge < -0.3 is 8.83 Å². The van der Waals surface area contributed by atoms with Gasteiger partial charge in [0, 0.05) is 44.9 Å². The van der Waals surface area contributed by atoms with Crippen LogP contribution in [0.2, 0.25) is 0 Å². The lowest BCUT2D eigenvalue weighted by Gasteiger charge is -2.20. The number of nitrogens with zero attached hydrogens (tertiary/aromatic N) is 4. The molecule has 0 N–H and O–H groups in total. The van der Waals surface area contributed by atoms with Gasteiger partial charge in [0.15, 0.2) is 0 Å². The maximum atomic E-state index is 6.82. The molecule has 4 aromatic heterocycles. The summed E-state index contributed by atoms with van der Waals surface area (Å²) in [6, 6.07) is 113. The molecule has 0 spiro atoms. The molecule has 0 aliphatic rings. The molecular formula is C90H56N4O2. The normalized spacial score (nSPS) is 12.1. The molecule has 6 heteroatoms. The fraction of sp³-hybridized carbons (Fsp3) is 0.0222. The molecule has 4 heterocycles. The van der Waals surface area contributed by atoms with E-state index in [0.29, 0.717) is 0 Å². The molecule has 0 saturated heterocycles. The van der Waals surface area contributed by atoms with E-state index in [9.17, 15) is 0 Å². The number of imidazole rings is 2. The summed E-state index contributed by atoms with van der Waals surface area (Å²) in [5, 5.41) is 16.2. The zero-order valence-electron chi connectivity index (χ0n) is 52.3. The Hall–Kier alpha value is -12.6. The van der Waals surface area contributed by atoms with Gasteiger partial charge >= 0.3 is 0 Å². The Kier molecular flexibility index (Phi) is 11.9. The van der Waals surface area contributed by atoms with Gasteiger partial charge in [-0.25, -0.2) is 9.97 Å². The van der Waals surface area contributed by atoms with Crippen LogP contribution in [0, 0.1) is 0 Å². The van der Waals surface area contributed by atoms with Crippen LogP contribution in [0.5, 0.6) is 0 Å². The minimum Gasteiger partial charge on any atom is -0.456 e. The molecule has 20 rings (SSSR count). The monoisotopic (exact) mass is 1220 g/mol. The van der Waals surface area contributed by atoms with Crippen LogP contribution in [0.1, 0.15) is 12.7 Å². The average molecular weight is 1230 g/mol. The molecule has 16 aromatic carbocycles. The first kappa shape index (κ1) is 54.0. The molecule has 0 radical (unpaired) electrons. The molecule has 0 amide bonds. The van der Waals surface area contributed by atoms with Crippen molar-refractivity contribution in [3.63, 3.8) is 0 Å². The summed E-state index contributed by atoms with van der Waals surface area (Å²) in [6.45, 7) is 2.18. The molecule has 0 unspecified atom stereocenters. The minimum absolute atomic E-state index is 0.810. The van der Waals surface area contributed by atoms with Crippen molar-refractivity contribution in [2.45, 2.75) is 13.3 Å². The summed E-state index contributed by atoms with van der Waals surface area (Å²) in [4.78, 5) is 10.3. The van der Waals surface area contributed by atoms with Crippen LogP contribution in [0.3, 0.4) is 0 Å². The summed E-state index contributed by atoms with van der Waals surface area (Å²) in [5.74, 6) is 1.94. The molecule has 20 aromatic rings. The van der Waals surface area contributed by atoms with Gasteiger partial charge in [0.25, 0.3) is 0 Å². The van der Waals surface area contributed by atoms with Crippen molar-refractivity contribution < 1.29 is 8.83 Å². The van der Waals surface area contributed by atoms with Crippen molar-refractivity contribution in [3.8, 4) is 78.4 Å². The van der Waals surface area contributed by atoms with Crippen LogP contribution < -0.4 is 0 Å². The first-order valence-corrected chi connectivity index (χ1v) is 33.0. The molecule has 0 aliphatic heterocycles. The number of aryl methyl sites for hydroxylation is 1. The molecule has 0 aliphatic carbocycles. The van der Waals surface area contributed by atoms with Gasteiger partial charge in [-0.15, -0.1) is 0 Å². The zero-order valence-corrected chi connectivity index (χ0v) is 52.3. The smallest absolute Gasteiger partial charge is 0.145 e. The highest BCUT2D eigenvalue weighted by Gasteiger charge is 2.24. The third kappa shape index (κ3) is 8.25. The van der Waals surface area contributed by atoms with Crippen LogP contribution in [-0.4, -0.2) is 19.1 Å². The summed E-state index contributed by atoms with van der Waals surface area (Å²) < 4.78 is 17.9. The Morgan fingerprint density at radius 2 is 0.708 bits per heavy atom. The number of para-hydroxylation sites is 5. The molecule has 0 atom stereocenters. The predicted octanol–water partition coefficient (Wildman–Crippen LogP) is 24.5. The second-order valence-corrected chi connectivity index (χ2v) is 25.3. The fourth-order valence-electron chi connectivity index (χ4n) is 15.8. The first-order valence-electron chi connectivity index (χ1n) is 33.0. The largest absolute Gasteiger partial charge is 0.456 e. The van der Waals surface area contributed by atoms with E-state index in [1.54, 1.807) is 0 Å². The molecule has 0 bridgehead atoms. The summed E-state index contributed by atoms with van der Waals surface area (Å²) in [5.41, 5.74) is 22.2. The Balaban J connectivity index is 0.823. The number of benzene rings is 16. The van der Waals surface area contributed by atoms with Crippen LogP contribution >= 0.6 is 0 Å². The maximum Gasteiger partial charge on any atom is 0.145 e. The third-order valence-electron chi connectivity index (χ3n) is 20.1. The van der Waals surface area contributed by atoms with E-state index in [4.69, 9.17) is 18.8 Å². The van der Waals surface area contributed by atoms with Gasteiger partial charge in [0.1, 0.15) is 34.0 Å². The van der Waals surface area contributed by atoms with Crippen molar-refractivity contribution in [3.05, 3.63) is 315 Å². The first-order chi connectivity index (χ1) is 47.5. The molecule has 0 fully saturated rings. The highest BCUT2D eigenvalue weighted by molar-refractivity contribution is 6.26. The Bertz CT molecular complexity index is 6600. The number of hydrogen-bond donors (Lipinski definition) is 0. The third-order valence-corrected chi connectivity index (χ3v) is 20.1. The quantitative estimate of drug-likeness (QED) is 0.135. The second-order valence-electron chi connectivity index (χ2n) is 25.3. The standard InChI is InChI=1S/C90H56N4O2/c1-2-84-91-76-27-13-15-29-78(76)93(84)62-41-32-55(33-42-62)85-67-24-9-11-26-69(67)88(61-38-47-72-83(53-61)96-82-49-39-54-18-6-7-21-64(54)89(72)82)71-46-37-59(51-75(71)85)58-36-45-70-74(50-58)86(56-34-43-63(44-35-56)94-79-30-16-14-28-77(79)92-90(94)57-19-4-3-5-20-57)66-23-8-10-25-68(66)87(70)60-40-48-81-73(52-60)65-22-12-17-31-80(65)95-81/h3-53H,2H2,1H3. The molecular weight excluding hydrogens is 1170 g/mol. The Labute approximate surface area is 551 Å². The molecule has 0 saturated carbocycles. The number of hydrogen-bond acceptors (Lipinski definition) is 4. The van der Waals surface area contributed by atoms with Gasteiger partial charge in [0.05, 0.1) is 22.1 Å². The van der Waals surface area contributed by atoms with E-state index < -0.39 is 0 Å². The average Bonchev–Trinajstić information content (AvgIpc) is 0.771. The van der Waals surface area contributed by atoms with Crippen molar-refractivity contribution >= 4 is 120 Å². The lowest BCUT2D eigenvalue weighted by atomic mass is 9.83. The number of aromatic nitrogens is 4. The van der Waals surface area contributed by atoms with Crippen LogP contribution in [0.4, 0.5) is 0 Å². The van der Waals surface area contributed by atoms with Gasteiger partial charge in [0.2, 0.25) is 0 Å². The van der Waals surface area contributed by atoms with Gasteiger partial charge in [-0.05, 0) is 207 Å². The SMILES string of the molecule is CCc1nc2ccccc2n1-c1ccc(-c2c3ccccc3c(-c3ccc4c(c3)oc3ccc5ccccc5c34)c3ccc(-c4ccc5c(-c6ccc7oc8ccccc8c7c6)c6ccccc6c(-c6ccc(-n7c(-c8ccccc8)nc8ccccc87)cc6)c5c4)cc23)cc1. The van der Waals surface area contributed by atoms with Crippen molar-refractivity contribution in [2.24, 2.45) is 0 Å². The van der Waals surface area contributed by atoms with Gasteiger partial charge in [-0.2, -0.15) is 0 Å². The lowest BCUT2D eigenvalue weighted by molar-refractivity contribution is 0.668. The second kappa shape index (κ2) is 21.2.